The molecule has 1 N–H and O–H groups in total. The molecular weight excluding hydrogens is 328 g/mol. The number of nitrogens with one attached hydrogen (secondary N) is 1. The molecule has 3 rings (SSSR count). The van der Waals surface area contributed by atoms with Gasteiger partial charge in [-0.15, -0.1) is 12.4 Å². The first-order chi connectivity index (χ1) is 11.2. The van der Waals surface area contributed by atoms with Crippen LogP contribution in [0.4, 0.5) is 0 Å². The van der Waals surface area contributed by atoms with E-state index in [1.807, 2.05) is 36.1 Å². The highest BCUT2D eigenvalue weighted by Gasteiger charge is 2.33. The molecule has 1 aromatic carbocycles. The lowest BCUT2D eigenvalue weighted by Crippen LogP contribution is -2.52. The summed E-state index contributed by atoms with van der Waals surface area (Å²) >= 11 is 0. The van der Waals surface area contributed by atoms with Crippen molar-refractivity contribution >= 4 is 18.3 Å². The Balaban J connectivity index is 0.00000208. The Bertz CT molecular complexity index is 551. The number of ether oxygens (including phenoxy) is 2. The predicted molar refractivity (Wildman–Crippen MR) is 96.0 cm³/mol. The molecule has 0 spiro atoms. The van der Waals surface area contributed by atoms with E-state index in [0.717, 1.165) is 37.6 Å². The molecule has 2 aliphatic rings. The number of para-hydroxylation sites is 2. The Morgan fingerprint density at radius 2 is 2.04 bits per heavy atom. The highest BCUT2D eigenvalue weighted by molar-refractivity contribution is 5.85. The topological polar surface area (TPSA) is 50.8 Å². The van der Waals surface area contributed by atoms with Crippen LogP contribution in [-0.4, -0.2) is 49.7 Å². The summed E-state index contributed by atoms with van der Waals surface area (Å²) < 4.78 is 11.8. The first-order valence-electron chi connectivity index (χ1n) is 8.57. The zero-order chi connectivity index (χ0) is 16.2. The van der Waals surface area contributed by atoms with E-state index in [9.17, 15) is 4.79 Å². The molecule has 2 unspecified atom stereocenters. The van der Waals surface area contributed by atoms with Gasteiger partial charge in [-0.3, -0.25) is 4.79 Å². The lowest BCUT2D eigenvalue weighted by atomic mass is 9.88. The first kappa shape index (κ1) is 18.9. The average molecular weight is 355 g/mol. The second kappa shape index (κ2) is 8.58. The molecule has 6 heteroatoms. The number of rotatable bonds is 6. The van der Waals surface area contributed by atoms with Gasteiger partial charge in [-0.05, 0) is 37.6 Å². The number of amides is 1. The van der Waals surface area contributed by atoms with E-state index in [-0.39, 0.29) is 30.3 Å². The molecule has 0 aromatic heterocycles. The maximum Gasteiger partial charge on any atom is 0.225 e. The number of nitrogens with zero attached hydrogens (tertiary/aromatic N) is 1. The van der Waals surface area contributed by atoms with E-state index >= 15 is 0 Å². The molecule has 0 radical (unpaired) electrons. The van der Waals surface area contributed by atoms with Crippen LogP contribution in [0.15, 0.2) is 24.3 Å². The number of halogens is 1. The monoisotopic (exact) mass is 354 g/mol. The summed E-state index contributed by atoms with van der Waals surface area (Å²) in [5, 5.41) is 3.24. The Morgan fingerprint density at radius 3 is 2.67 bits per heavy atom. The number of fused-ring (bicyclic) bond motifs is 1. The molecule has 1 aromatic rings. The molecule has 5 nitrogen and oxygen atoms in total. The van der Waals surface area contributed by atoms with Crippen LogP contribution in [0.25, 0.3) is 0 Å². The smallest absolute Gasteiger partial charge is 0.225 e. The van der Waals surface area contributed by atoms with Gasteiger partial charge in [0.05, 0.1) is 6.54 Å². The van der Waals surface area contributed by atoms with Gasteiger partial charge >= 0.3 is 0 Å². The Hall–Kier alpha value is -1.46. The average Bonchev–Trinajstić information content (AvgIpc) is 2.52. The zero-order valence-electron chi connectivity index (χ0n) is 14.4. The lowest BCUT2D eigenvalue weighted by molar-refractivity contribution is -0.139. The van der Waals surface area contributed by atoms with Crippen LogP contribution in [0.1, 0.15) is 20.3 Å². The molecule has 2 heterocycles. The fourth-order valence-corrected chi connectivity index (χ4v) is 3.11. The van der Waals surface area contributed by atoms with Crippen molar-refractivity contribution in [3.05, 3.63) is 24.3 Å². The van der Waals surface area contributed by atoms with Crippen LogP contribution < -0.4 is 14.8 Å². The maximum absolute atomic E-state index is 12.8. The predicted octanol–water partition coefficient (Wildman–Crippen LogP) is 2.34. The molecule has 0 bridgehead atoms. The summed E-state index contributed by atoms with van der Waals surface area (Å²) in [6.45, 7) is 7.89. The van der Waals surface area contributed by atoms with E-state index in [1.54, 1.807) is 0 Å². The molecule has 1 fully saturated rings. The molecule has 1 saturated heterocycles. The van der Waals surface area contributed by atoms with Gasteiger partial charge in [-0.1, -0.05) is 26.0 Å². The van der Waals surface area contributed by atoms with Crippen LogP contribution in [0, 0.1) is 11.8 Å². The van der Waals surface area contributed by atoms with Crippen LogP contribution in [0.5, 0.6) is 11.5 Å². The first-order valence-corrected chi connectivity index (χ1v) is 8.57. The van der Waals surface area contributed by atoms with Gasteiger partial charge in [0.1, 0.15) is 6.61 Å². The van der Waals surface area contributed by atoms with E-state index in [1.165, 1.54) is 0 Å². The minimum absolute atomic E-state index is 0. The van der Waals surface area contributed by atoms with E-state index in [0.29, 0.717) is 19.1 Å². The van der Waals surface area contributed by atoms with Crippen molar-refractivity contribution in [3.63, 3.8) is 0 Å². The Morgan fingerprint density at radius 1 is 1.33 bits per heavy atom. The Labute approximate surface area is 150 Å². The summed E-state index contributed by atoms with van der Waals surface area (Å²) in [6, 6.07) is 7.69. The van der Waals surface area contributed by atoms with Crippen molar-refractivity contribution in [2.75, 3.05) is 32.8 Å². The molecule has 134 valence electrons. The number of hydrogen-bond acceptors (Lipinski definition) is 4. The van der Waals surface area contributed by atoms with E-state index < -0.39 is 0 Å². The number of hydrogen-bond donors (Lipinski definition) is 1. The number of benzene rings is 1. The molecule has 24 heavy (non-hydrogen) atoms. The Kier molecular flexibility index (Phi) is 6.75. The van der Waals surface area contributed by atoms with Gasteiger partial charge in [-0.25, -0.2) is 0 Å². The fraction of sp³-hybridized carbons (Fsp3) is 0.611. The van der Waals surface area contributed by atoms with Gasteiger partial charge in [0.15, 0.2) is 17.6 Å². The largest absolute Gasteiger partial charge is 0.486 e. The van der Waals surface area contributed by atoms with E-state index in [4.69, 9.17) is 9.47 Å². The molecule has 2 atom stereocenters. The standard InChI is InChI=1S/C18H26N2O3.ClH/c1-3-8-20(18(21)13(2)14-9-19-10-14)11-15-12-22-16-6-4-5-7-17(16)23-15;/h4-7,13-15,19H,3,8-12H2,1-2H3;1H. The van der Waals surface area contributed by atoms with Gasteiger partial charge in [0, 0.05) is 12.5 Å². The molecule has 1 amide bonds. The van der Waals surface area contributed by atoms with Gasteiger partial charge < -0.3 is 19.7 Å². The van der Waals surface area contributed by atoms with E-state index in [2.05, 4.69) is 12.2 Å². The minimum atomic E-state index is -0.105. The van der Waals surface area contributed by atoms with Crippen LogP contribution >= 0.6 is 12.4 Å². The van der Waals surface area contributed by atoms with Crippen molar-refractivity contribution in [1.82, 2.24) is 10.2 Å². The quantitative estimate of drug-likeness (QED) is 0.852. The lowest BCUT2D eigenvalue weighted by Gasteiger charge is -2.37. The van der Waals surface area contributed by atoms with Crippen molar-refractivity contribution in [2.24, 2.45) is 11.8 Å². The summed E-state index contributed by atoms with van der Waals surface area (Å²) in [6.07, 6.45) is 0.845. The van der Waals surface area contributed by atoms with Gasteiger partial charge in [0.2, 0.25) is 5.91 Å². The highest BCUT2D eigenvalue weighted by Crippen LogP contribution is 2.31. The van der Waals surface area contributed by atoms with Crippen LogP contribution in [0.3, 0.4) is 0 Å². The summed E-state index contributed by atoms with van der Waals surface area (Å²) in [5.74, 6) is 2.32. The van der Waals surface area contributed by atoms with Crippen LogP contribution in [0.2, 0.25) is 0 Å². The number of carbonyl (C=O) groups is 1. The minimum Gasteiger partial charge on any atom is -0.486 e. The van der Waals surface area contributed by atoms with Gasteiger partial charge in [-0.2, -0.15) is 0 Å². The second-order valence-corrected chi connectivity index (χ2v) is 6.49. The summed E-state index contributed by atoms with van der Waals surface area (Å²) in [4.78, 5) is 14.7. The van der Waals surface area contributed by atoms with Crippen molar-refractivity contribution in [2.45, 2.75) is 26.4 Å². The third kappa shape index (κ3) is 4.14. The fourth-order valence-electron chi connectivity index (χ4n) is 3.11. The van der Waals surface area contributed by atoms with Crippen molar-refractivity contribution in [1.29, 1.82) is 0 Å². The third-order valence-electron chi connectivity index (χ3n) is 4.71. The summed E-state index contributed by atoms with van der Waals surface area (Å²) in [7, 11) is 0. The molecular formula is C18H27ClN2O3. The SMILES string of the molecule is CCCN(CC1COc2ccccc2O1)C(=O)C(C)C1CNC1.Cl. The molecule has 0 saturated carbocycles. The second-order valence-electron chi connectivity index (χ2n) is 6.49. The third-order valence-corrected chi connectivity index (χ3v) is 4.71. The van der Waals surface area contributed by atoms with Crippen molar-refractivity contribution < 1.29 is 14.3 Å². The van der Waals surface area contributed by atoms with Crippen molar-refractivity contribution in [3.8, 4) is 11.5 Å². The maximum atomic E-state index is 12.8. The molecule has 2 aliphatic heterocycles. The summed E-state index contributed by atoms with van der Waals surface area (Å²) in [5.41, 5.74) is 0. The molecule has 0 aliphatic carbocycles. The van der Waals surface area contributed by atoms with Crippen LogP contribution in [-0.2, 0) is 4.79 Å². The highest BCUT2D eigenvalue weighted by atomic mass is 35.5. The zero-order valence-corrected chi connectivity index (χ0v) is 15.2. The number of carbonyl (C=O) groups excluding carboxylic acids is 1. The van der Waals surface area contributed by atoms with Gasteiger partial charge in [0.25, 0.3) is 0 Å². The normalized spacial score (nSPS) is 20.5.